The van der Waals surface area contributed by atoms with Gasteiger partial charge in [-0.05, 0) is 17.0 Å². The molecule has 2 rings (SSSR count). The average Bonchev–Trinajstić information content (AvgIpc) is 2.90. The molecule has 1 heterocycles. The molecule has 2 atom stereocenters. The number of methoxy groups -OCH3 is 1. The van der Waals surface area contributed by atoms with Gasteiger partial charge in [-0.1, -0.05) is 19.9 Å². The molecule has 0 radical (unpaired) electrons. The first-order chi connectivity index (χ1) is 8.69. The molecule has 2 N–H and O–H groups in total. The molecule has 1 aromatic rings. The van der Waals surface area contributed by atoms with E-state index in [0.29, 0.717) is 0 Å². The Morgan fingerprint density at radius 1 is 1.42 bits per heavy atom. The number of rotatable bonds is 3. The van der Waals surface area contributed by atoms with E-state index in [2.05, 4.69) is 4.98 Å². The molecule has 2 unspecified atom stereocenters. The minimum Gasteiger partial charge on any atom is -0.469 e. The van der Waals surface area contributed by atoms with Crippen molar-refractivity contribution in [3.63, 3.8) is 0 Å². The zero-order valence-corrected chi connectivity index (χ0v) is 11.8. The van der Waals surface area contributed by atoms with E-state index in [1.807, 2.05) is 13.8 Å². The van der Waals surface area contributed by atoms with Crippen LogP contribution in [0.1, 0.15) is 25.3 Å². The van der Waals surface area contributed by atoms with Crippen LogP contribution in [-0.2, 0) is 19.6 Å². The van der Waals surface area contributed by atoms with E-state index in [9.17, 15) is 13.2 Å². The Labute approximate surface area is 112 Å². The molecular weight excluding hydrogens is 268 g/mol. The summed E-state index contributed by atoms with van der Waals surface area (Å²) in [6, 6.07) is 3.00. The number of nitrogens with zero attached hydrogens (tertiary/aromatic N) is 1. The molecule has 19 heavy (non-hydrogen) atoms. The van der Waals surface area contributed by atoms with Gasteiger partial charge >= 0.3 is 5.97 Å². The second-order valence-corrected chi connectivity index (χ2v) is 6.78. The van der Waals surface area contributed by atoms with Gasteiger partial charge in [0.15, 0.2) is 5.03 Å². The lowest BCUT2D eigenvalue weighted by atomic mass is 10.1. The number of primary sulfonamides is 1. The number of pyridine rings is 1. The fourth-order valence-corrected chi connectivity index (χ4v) is 3.03. The van der Waals surface area contributed by atoms with Crippen LogP contribution in [0.4, 0.5) is 0 Å². The van der Waals surface area contributed by atoms with Gasteiger partial charge in [0.25, 0.3) is 10.0 Å². The molecule has 1 aromatic heterocycles. The van der Waals surface area contributed by atoms with Crippen molar-refractivity contribution in [2.75, 3.05) is 7.11 Å². The molecule has 0 aromatic carbocycles. The first-order valence-corrected chi connectivity index (χ1v) is 7.31. The topological polar surface area (TPSA) is 99.4 Å². The highest BCUT2D eigenvalue weighted by molar-refractivity contribution is 7.89. The van der Waals surface area contributed by atoms with E-state index >= 15 is 0 Å². The second-order valence-electron chi connectivity index (χ2n) is 5.27. The SMILES string of the molecule is COC(=O)C1C(c2ccc(S(N)(=O)=O)nc2)C1(C)C. The summed E-state index contributed by atoms with van der Waals surface area (Å²) in [5, 5.41) is 4.81. The van der Waals surface area contributed by atoms with Gasteiger partial charge < -0.3 is 4.74 Å². The summed E-state index contributed by atoms with van der Waals surface area (Å²) < 4.78 is 27.0. The number of carbonyl (C=O) groups is 1. The van der Waals surface area contributed by atoms with E-state index in [4.69, 9.17) is 9.88 Å². The van der Waals surface area contributed by atoms with Crippen molar-refractivity contribution < 1.29 is 17.9 Å². The van der Waals surface area contributed by atoms with Gasteiger partial charge in [-0.3, -0.25) is 4.79 Å². The molecule has 1 fully saturated rings. The molecule has 1 aliphatic rings. The Morgan fingerprint density at radius 2 is 2.05 bits per heavy atom. The largest absolute Gasteiger partial charge is 0.469 e. The predicted octanol–water partition coefficient (Wildman–Crippen LogP) is 0.642. The molecule has 6 nitrogen and oxygen atoms in total. The van der Waals surface area contributed by atoms with Gasteiger partial charge in [0.05, 0.1) is 13.0 Å². The Hall–Kier alpha value is -1.47. The number of nitrogens with two attached hydrogens (primary N) is 1. The van der Waals surface area contributed by atoms with Crippen LogP contribution in [0, 0.1) is 11.3 Å². The standard InChI is InChI=1S/C12H16N2O4S/c1-12(2)9(10(12)11(15)18-3)7-4-5-8(14-6-7)19(13,16)17/h4-6,9-10H,1-3H3,(H2,13,16,17). The van der Waals surface area contributed by atoms with Crippen LogP contribution in [0.25, 0.3) is 0 Å². The molecular formula is C12H16N2O4S. The van der Waals surface area contributed by atoms with E-state index in [-0.39, 0.29) is 28.2 Å². The molecule has 1 aliphatic carbocycles. The van der Waals surface area contributed by atoms with Crippen molar-refractivity contribution in [3.8, 4) is 0 Å². The lowest BCUT2D eigenvalue weighted by Gasteiger charge is -2.03. The Morgan fingerprint density at radius 3 is 2.47 bits per heavy atom. The van der Waals surface area contributed by atoms with Crippen molar-refractivity contribution in [1.82, 2.24) is 4.98 Å². The summed E-state index contributed by atoms with van der Waals surface area (Å²) in [4.78, 5) is 15.5. The highest BCUT2D eigenvalue weighted by atomic mass is 32.2. The number of hydrogen-bond acceptors (Lipinski definition) is 5. The van der Waals surface area contributed by atoms with E-state index < -0.39 is 10.0 Å². The molecule has 0 aliphatic heterocycles. The number of aromatic nitrogens is 1. The van der Waals surface area contributed by atoms with Gasteiger partial charge in [0, 0.05) is 12.1 Å². The van der Waals surface area contributed by atoms with Gasteiger partial charge in [-0.25, -0.2) is 18.5 Å². The summed E-state index contributed by atoms with van der Waals surface area (Å²) in [7, 11) is -2.43. The maximum atomic E-state index is 11.6. The molecule has 0 amide bonds. The smallest absolute Gasteiger partial charge is 0.309 e. The van der Waals surface area contributed by atoms with E-state index in [1.165, 1.54) is 19.4 Å². The lowest BCUT2D eigenvalue weighted by Crippen LogP contribution is -2.13. The quantitative estimate of drug-likeness (QED) is 0.821. The zero-order chi connectivity index (χ0) is 14.4. The van der Waals surface area contributed by atoms with Crippen molar-refractivity contribution in [3.05, 3.63) is 23.9 Å². The van der Waals surface area contributed by atoms with Crippen molar-refractivity contribution in [2.45, 2.75) is 24.8 Å². The highest BCUT2D eigenvalue weighted by Crippen LogP contribution is 2.64. The molecule has 1 saturated carbocycles. The predicted molar refractivity (Wildman–Crippen MR) is 67.6 cm³/mol. The monoisotopic (exact) mass is 284 g/mol. The van der Waals surface area contributed by atoms with Crippen LogP contribution in [0.2, 0.25) is 0 Å². The first kappa shape index (κ1) is 14.0. The Kier molecular flexibility index (Phi) is 3.14. The summed E-state index contributed by atoms with van der Waals surface area (Å²) in [5.41, 5.74) is 0.602. The Bertz CT molecular complexity index is 607. The van der Waals surface area contributed by atoms with Crippen LogP contribution in [0.3, 0.4) is 0 Å². The third kappa shape index (κ3) is 2.35. The van der Waals surface area contributed by atoms with Gasteiger partial charge in [0.2, 0.25) is 0 Å². The summed E-state index contributed by atoms with van der Waals surface area (Å²) in [6.45, 7) is 3.93. The van der Waals surface area contributed by atoms with Gasteiger partial charge in [-0.2, -0.15) is 0 Å². The molecule has 0 bridgehead atoms. The highest BCUT2D eigenvalue weighted by Gasteiger charge is 2.63. The molecule has 0 saturated heterocycles. The lowest BCUT2D eigenvalue weighted by molar-refractivity contribution is -0.143. The Balaban J connectivity index is 2.28. The fourth-order valence-electron chi connectivity index (χ4n) is 2.57. The third-order valence-electron chi connectivity index (χ3n) is 3.69. The van der Waals surface area contributed by atoms with Crippen LogP contribution in [0.5, 0.6) is 0 Å². The minimum absolute atomic E-state index is 0.0121. The number of hydrogen-bond donors (Lipinski definition) is 1. The van der Waals surface area contributed by atoms with Crippen LogP contribution < -0.4 is 5.14 Å². The average molecular weight is 284 g/mol. The molecule has 0 spiro atoms. The van der Waals surface area contributed by atoms with Crippen molar-refractivity contribution in [1.29, 1.82) is 0 Å². The summed E-state index contributed by atoms with van der Waals surface area (Å²) in [6.07, 6.45) is 1.45. The number of sulfonamides is 1. The van der Waals surface area contributed by atoms with Crippen LogP contribution >= 0.6 is 0 Å². The summed E-state index contributed by atoms with van der Waals surface area (Å²) in [5.74, 6) is -0.493. The second kappa shape index (κ2) is 4.28. The summed E-state index contributed by atoms with van der Waals surface area (Å²) >= 11 is 0. The van der Waals surface area contributed by atoms with Gasteiger partial charge in [-0.15, -0.1) is 0 Å². The van der Waals surface area contributed by atoms with E-state index in [1.54, 1.807) is 6.07 Å². The minimum atomic E-state index is -3.79. The van der Waals surface area contributed by atoms with Gasteiger partial charge in [0.1, 0.15) is 0 Å². The fraction of sp³-hybridized carbons (Fsp3) is 0.500. The number of esters is 1. The van der Waals surface area contributed by atoms with Crippen molar-refractivity contribution in [2.24, 2.45) is 16.5 Å². The van der Waals surface area contributed by atoms with Crippen LogP contribution in [0.15, 0.2) is 23.4 Å². The first-order valence-electron chi connectivity index (χ1n) is 5.76. The number of ether oxygens (including phenoxy) is 1. The molecule has 7 heteroatoms. The maximum absolute atomic E-state index is 11.6. The molecule has 104 valence electrons. The van der Waals surface area contributed by atoms with E-state index in [0.717, 1.165) is 5.56 Å². The van der Waals surface area contributed by atoms with Crippen molar-refractivity contribution >= 4 is 16.0 Å². The zero-order valence-electron chi connectivity index (χ0n) is 11.0. The van der Waals surface area contributed by atoms with Crippen LogP contribution in [-0.4, -0.2) is 26.5 Å². The number of carbonyl (C=O) groups excluding carboxylic acids is 1. The normalized spacial score (nSPS) is 24.8. The maximum Gasteiger partial charge on any atom is 0.309 e. The third-order valence-corrected chi connectivity index (χ3v) is 4.52.